The molecule has 52 valence electrons. The summed E-state index contributed by atoms with van der Waals surface area (Å²) in [7, 11) is 0. The Labute approximate surface area is 72.2 Å². The van der Waals surface area contributed by atoms with E-state index in [2.05, 4.69) is 35.5 Å². The maximum absolute atomic E-state index is 4.25. The SMILES string of the molecule is Cc1cccc(C)c1[N]=[W]. The van der Waals surface area contributed by atoms with Crippen molar-refractivity contribution >= 4 is 5.69 Å². The fourth-order valence-corrected chi connectivity index (χ4v) is 1.98. The molecule has 0 fully saturated rings. The van der Waals surface area contributed by atoms with Gasteiger partial charge in [-0.3, -0.25) is 0 Å². The van der Waals surface area contributed by atoms with Crippen molar-refractivity contribution < 1.29 is 19.6 Å². The Bertz CT molecular complexity index is 235. The topological polar surface area (TPSA) is 12.4 Å². The molecule has 0 aliphatic rings. The second-order valence-corrected chi connectivity index (χ2v) is 2.99. The second-order valence-electron chi connectivity index (χ2n) is 2.33. The van der Waals surface area contributed by atoms with Crippen molar-refractivity contribution in [2.75, 3.05) is 0 Å². The summed E-state index contributed by atoms with van der Waals surface area (Å²) < 4.78 is 4.25. The normalized spacial score (nSPS) is 9.40. The zero-order chi connectivity index (χ0) is 7.56. The van der Waals surface area contributed by atoms with Crippen LogP contribution in [0.4, 0.5) is 5.69 Å². The number of benzene rings is 1. The summed E-state index contributed by atoms with van der Waals surface area (Å²) >= 11 is 1.27. The van der Waals surface area contributed by atoms with Crippen LogP contribution in [0.2, 0.25) is 0 Å². The molecule has 1 aromatic carbocycles. The third kappa shape index (κ3) is 1.41. The van der Waals surface area contributed by atoms with E-state index >= 15 is 0 Å². The van der Waals surface area contributed by atoms with Crippen molar-refractivity contribution in [2.24, 2.45) is 3.50 Å². The molecule has 0 radical (unpaired) electrons. The Hall–Kier alpha value is -0.292. The van der Waals surface area contributed by atoms with Gasteiger partial charge in [-0.25, -0.2) is 0 Å². The molecule has 1 aromatic rings. The molecule has 0 aliphatic heterocycles. The molecular weight excluding hydrogens is 294 g/mol. The Kier molecular flexibility index (Phi) is 2.50. The van der Waals surface area contributed by atoms with Crippen molar-refractivity contribution in [1.29, 1.82) is 0 Å². The molecule has 0 saturated carbocycles. The number of hydrogen-bond donors (Lipinski definition) is 0. The Morgan fingerprint density at radius 2 is 1.70 bits per heavy atom. The number of hydrogen-bond acceptors (Lipinski definition) is 1. The average Bonchev–Trinajstić information content (AvgIpc) is 1.88. The third-order valence-corrected chi connectivity index (χ3v) is 2.19. The molecule has 0 bridgehead atoms. The summed E-state index contributed by atoms with van der Waals surface area (Å²) in [4.78, 5) is 0. The van der Waals surface area contributed by atoms with Gasteiger partial charge in [-0.15, -0.1) is 0 Å². The first-order valence-electron chi connectivity index (χ1n) is 3.15. The van der Waals surface area contributed by atoms with Crippen LogP contribution in [0.1, 0.15) is 11.1 Å². The number of rotatable bonds is 1. The zero-order valence-corrected chi connectivity index (χ0v) is 9.02. The summed E-state index contributed by atoms with van der Waals surface area (Å²) in [5, 5.41) is 0. The first-order chi connectivity index (χ1) is 4.75. The quantitative estimate of drug-likeness (QED) is 0.756. The van der Waals surface area contributed by atoms with Gasteiger partial charge in [0.25, 0.3) is 0 Å². The Balaban J connectivity index is 3.30. The minimum absolute atomic E-state index is 1.16. The van der Waals surface area contributed by atoms with Crippen molar-refractivity contribution in [3.05, 3.63) is 29.3 Å². The fourth-order valence-electron chi connectivity index (χ4n) is 0.950. The molecule has 0 heterocycles. The summed E-state index contributed by atoms with van der Waals surface area (Å²) in [5.41, 5.74) is 3.71. The third-order valence-electron chi connectivity index (χ3n) is 1.53. The van der Waals surface area contributed by atoms with Crippen molar-refractivity contribution in [3.8, 4) is 0 Å². The molecule has 0 atom stereocenters. The van der Waals surface area contributed by atoms with E-state index in [1.165, 1.54) is 30.8 Å². The van der Waals surface area contributed by atoms with Crippen LogP contribution in [-0.2, 0) is 19.6 Å². The molecule has 2 heteroatoms. The monoisotopic (exact) mass is 303 g/mol. The van der Waals surface area contributed by atoms with Crippen LogP contribution < -0.4 is 0 Å². The van der Waals surface area contributed by atoms with Crippen LogP contribution in [0.5, 0.6) is 0 Å². The van der Waals surface area contributed by atoms with E-state index in [1.54, 1.807) is 0 Å². The van der Waals surface area contributed by atoms with Crippen LogP contribution in [0.25, 0.3) is 0 Å². The van der Waals surface area contributed by atoms with Crippen LogP contribution in [0, 0.1) is 13.8 Å². The molecule has 0 aromatic heterocycles. The van der Waals surface area contributed by atoms with Gasteiger partial charge < -0.3 is 0 Å². The first kappa shape index (κ1) is 7.81. The van der Waals surface area contributed by atoms with Gasteiger partial charge in [-0.2, -0.15) is 0 Å². The van der Waals surface area contributed by atoms with Gasteiger partial charge in [0.1, 0.15) is 0 Å². The van der Waals surface area contributed by atoms with E-state index in [4.69, 9.17) is 0 Å². The molecular formula is C8H9NW. The van der Waals surface area contributed by atoms with Crippen LogP contribution >= 0.6 is 0 Å². The standard InChI is InChI=1S/C8H9N.W/c1-6-4-3-5-7(2)8(6)9;/h3-5H,1-2H3;. The summed E-state index contributed by atoms with van der Waals surface area (Å²) in [6.45, 7) is 4.18. The van der Waals surface area contributed by atoms with E-state index in [-0.39, 0.29) is 0 Å². The van der Waals surface area contributed by atoms with Crippen LogP contribution in [0.15, 0.2) is 21.7 Å². The molecule has 1 rings (SSSR count). The number of aryl methyl sites for hydroxylation is 2. The van der Waals surface area contributed by atoms with Crippen LogP contribution in [-0.4, -0.2) is 0 Å². The van der Waals surface area contributed by atoms with Gasteiger partial charge in [0, 0.05) is 0 Å². The van der Waals surface area contributed by atoms with Gasteiger partial charge >= 0.3 is 72.0 Å². The molecule has 1 nitrogen and oxygen atoms in total. The van der Waals surface area contributed by atoms with Gasteiger partial charge in [-0.05, 0) is 0 Å². The van der Waals surface area contributed by atoms with E-state index in [0.29, 0.717) is 0 Å². The summed E-state index contributed by atoms with van der Waals surface area (Å²) in [5.74, 6) is 0. The van der Waals surface area contributed by atoms with E-state index in [9.17, 15) is 0 Å². The average molecular weight is 303 g/mol. The van der Waals surface area contributed by atoms with Gasteiger partial charge in [0.15, 0.2) is 0 Å². The maximum atomic E-state index is 4.25. The predicted molar refractivity (Wildman–Crippen MR) is 38.0 cm³/mol. The first-order valence-corrected chi connectivity index (χ1v) is 4.46. The van der Waals surface area contributed by atoms with Gasteiger partial charge in [0.2, 0.25) is 0 Å². The molecule has 0 spiro atoms. The molecule has 0 aliphatic carbocycles. The summed E-state index contributed by atoms with van der Waals surface area (Å²) in [6, 6.07) is 6.25. The zero-order valence-electron chi connectivity index (χ0n) is 6.09. The molecule has 0 N–H and O–H groups in total. The van der Waals surface area contributed by atoms with Gasteiger partial charge in [-0.1, -0.05) is 0 Å². The predicted octanol–water partition coefficient (Wildman–Crippen LogP) is 2.67. The Morgan fingerprint density at radius 3 is 2.00 bits per heavy atom. The molecule has 10 heavy (non-hydrogen) atoms. The van der Waals surface area contributed by atoms with Crippen molar-refractivity contribution in [3.63, 3.8) is 0 Å². The van der Waals surface area contributed by atoms with E-state index in [1.807, 2.05) is 0 Å². The molecule has 0 unspecified atom stereocenters. The molecule has 0 saturated heterocycles. The van der Waals surface area contributed by atoms with Crippen molar-refractivity contribution in [2.45, 2.75) is 13.8 Å². The minimum atomic E-state index is 1.16. The van der Waals surface area contributed by atoms with Crippen molar-refractivity contribution in [1.82, 2.24) is 0 Å². The number of nitrogens with zero attached hydrogens (tertiary/aromatic N) is 1. The fraction of sp³-hybridized carbons (Fsp3) is 0.250. The van der Waals surface area contributed by atoms with E-state index < -0.39 is 0 Å². The van der Waals surface area contributed by atoms with E-state index in [0.717, 1.165) is 5.69 Å². The Morgan fingerprint density at radius 1 is 1.20 bits per heavy atom. The van der Waals surface area contributed by atoms with Crippen LogP contribution in [0.3, 0.4) is 0 Å². The summed E-state index contributed by atoms with van der Waals surface area (Å²) in [6.07, 6.45) is 0. The van der Waals surface area contributed by atoms with Gasteiger partial charge in [0.05, 0.1) is 0 Å². The second kappa shape index (κ2) is 3.20. The molecule has 0 amide bonds.